The Morgan fingerprint density at radius 1 is 0.373 bits per heavy atom. The van der Waals surface area contributed by atoms with E-state index >= 15 is 0 Å². The van der Waals surface area contributed by atoms with Crippen molar-refractivity contribution < 1.29 is 0 Å². The summed E-state index contributed by atoms with van der Waals surface area (Å²) >= 11 is 1.86. The van der Waals surface area contributed by atoms with Crippen LogP contribution in [-0.2, 0) is 0 Å². The van der Waals surface area contributed by atoms with Crippen molar-refractivity contribution >= 4 is 64.2 Å². The molecule has 12 aromatic rings. The maximum absolute atomic E-state index is 5.03. The summed E-state index contributed by atoms with van der Waals surface area (Å²) < 4.78 is 7.36. The number of hydrogen-bond acceptors (Lipinski definition) is 4. The third kappa shape index (κ3) is 5.57. The van der Waals surface area contributed by atoms with Crippen LogP contribution in [0.2, 0.25) is 0 Å². The van der Waals surface area contributed by atoms with Crippen molar-refractivity contribution in [2.24, 2.45) is 0 Å². The highest BCUT2D eigenvalue weighted by Crippen LogP contribution is 2.44. The van der Waals surface area contributed by atoms with Crippen LogP contribution in [0.25, 0.3) is 110 Å². The first-order chi connectivity index (χ1) is 29.2. The summed E-state index contributed by atoms with van der Waals surface area (Å²) in [7, 11) is 0. The number of benzene rings is 8. The Kier molecular flexibility index (Phi) is 7.64. The molecule has 276 valence electrons. The van der Waals surface area contributed by atoms with Gasteiger partial charge in [0.05, 0.1) is 16.6 Å². The number of nitrogens with zero attached hydrogens (tertiary/aromatic N) is 5. The number of para-hydroxylation sites is 1. The van der Waals surface area contributed by atoms with Crippen LogP contribution in [0, 0.1) is 0 Å². The first-order valence-electron chi connectivity index (χ1n) is 19.8. The van der Waals surface area contributed by atoms with Gasteiger partial charge in [0.1, 0.15) is 0 Å². The summed E-state index contributed by atoms with van der Waals surface area (Å²) in [5.74, 6) is 1.93. The minimum atomic E-state index is 0.635. The minimum Gasteiger partial charge on any atom is -0.317 e. The fourth-order valence-corrected chi connectivity index (χ4v) is 9.73. The lowest BCUT2D eigenvalue weighted by molar-refractivity contribution is 1.07. The summed E-state index contributed by atoms with van der Waals surface area (Å²) in [4.78, 5) is 15.0. The van der Waals surface area contributed by atoms with E-state index < -0.39 is 0 Å². The predicted octanol–water partition coefficient (Wildman–Crippen LogP) is 13.9. The number of thiophene rings is 1. The Balaban J connectivity index is 1.05. The van der Waals surface area contributed by atoms with Crippen molar-refractivity contribution in [1.29, 1.82) is 0 Å². The fourth-order valence-electron chi connectivity index (χ4n) is 8.62. The number of rotatable bonds is 6. The third-order valence-electron chi connectivity index (χ3n) is 11.4. The molecular weight excluding hydrogens is 739 g/mol. The van der Waals surface area contributed by atoms with Crippen LogP contribution >= 0.6 is 11.3 Å². The molecule has 0 saturated carbocycles. The normalized spacial score (nSPS) is 11.7. The van der Waals surface area contributed by atoms with Crippen molar-refractivity contribution in [3.63, 3.8) is 0 Å². The molecule has 0 radical (unpaired) electrons. The molecule has 59 heavy (non-hydrogen) atoms. The van der Waals surface area contributed by atoms with Gasteiger partial charge in [-0.1, -0.05) is 133 Å². The zero-order valence-electron chi connectivity index (χ0n) is 31.7. The number of fused-ring (bicyclic) bond motifs is 8. The van der Waals surface area contributed by atoms with Crippen LogP contribution in [0.3, 0.4) is 0 Å². The fraction of sp³-hybridized carbons (Fsp3) is 0. The average Bonchev–Trinajstić information content (AvgIpc) is 4.00. The van der Waals surface area contributed by atoms with Gasteiger partial charge in [0.15, 0.2) is 17.5 Å². The van der Waals surface area contributed by atoms with Gasteiger partial charge in [0.2, 0.25) is 0 Å². The smallest absolute Gasteiger partial charge is 0.164 e. The zero-order valence-corrected chi connectivity index (χ0v) is 32.5. The van der Waals surface area contributed by atoms with Crippen molar-refractivity contribution in [1.82, 2.24) is 24.1 Å². The van der Waals surface area contributed by atoms with Crippen molar-refractivity contribution in [2.45, 2.75) is 0 Å². The van der Waals surface area contributed by atoms with E-state index in [1.807, 2.05) is 72.0 Å². The van der Waals surface area contributed by atoms with Crippen LogP contribution < -0.4 is 0 Å². The largest absolute Gasteiger partial charge is 0.317 e. The van der Waals surface area contributed by atoms with Gasteiger partial charge >= 0.3 is 0 Å². The van der Waals surface area contributed by atoms with Crippen molar-refractivity contribution in [3.8, 4) is 56.7 Å². The van der Waals surface area contributed by atoms with Gasteiger partial charge in [-0.3, -0.25) is 0 Å². The van der Waals surface area contributed by atoms with E-state index in [0.29, 0.717) is 17.5 Å². The maximum atomic E-state index is 5.03. The highest BCUT2D eigenvalue weighted by Gasteiger charge is 2.20. The van der Waals surface area contributed by atoms with Crippen molar-refractivity contribution in [3.05, 3.63) is 200 Å². The van der Waals surface area contributed by atoms with Crippen LogP contribution in [0.4, 0.5) is 0 Å². The molecule has 12 rings (SSSR count). The molecule has 0 bridgehead atoms. The molecule has 0 N–H and O–H groups in total. The van der Waals surface area contributed by atoms with Gasteiger partial charge in [0, 0.05) is 70.6 Å². The Bertz CT molecular complexity index is 3490. The lowest BCUT2D eigenvalue weighted by atomic mass is 10.0. The molecule has 0 aliphatic heterocycles. The minimum absolute atomic E-state index is 0.635. The van der Waals surface area contributed by atoms with E-state index in [1.165, 1.54) is 52.9 Å². The van der Waals surface area contributed by atoms with Gasteiger partial charge in [-0.25, -0.2) is 15.0 Å². The standard InChI is InChI=1S/C53H33N5S/c1-4-14-34(15-5-1)51-54-52(35-16-6-2-7-17-35)56-53(55-51)39-20-12-18-36(30-39)37-19-13-23-41(31-37)58-46-32-38-28-29-57(40-21-8-3-9-22-40)45(38)33-44(46)42-26-27-48-49(50(42)58)43-24-10-11-25-47(43)59-48/h1-33H. The third-order valence-corrected chi connectivity index (χ3v) is 12.5. The van der Waals surface area contributed by atoms with Crippen LogP contribution in [-0.4, -0.2) is 24.1 Å². The Labute approximate surface area is 343 Å². The van der Waals surface area contributed by atoms with E-state index in [-0.39, 0.29) is 0 Å². The Hall–Kier alpha value is -7.67. The lowest BCUT2D eigenvalue weighted by Crippen LogP contribution is -2.00. The molecule has 0 spiro atoms. The molecule has 0 aliphatic carbocycles. The van der Waals surface area contributed by atoms with E-state index in [9.17, 15) is 0 Å². The molecule has 0 saturated heterocycles. The molecule has 0 atom stereocenters. The SMILES string of the molecule is c1ccc(-c2nc(-c3ccccc3)nc(-c3cccc(-c4cccc(-n5c6cc7ccn(-c8ccccc8)c7cc6c6ccc7sc8ccccc8c7c65)c4)c3)n2)cc1. The van der Waals surface area contributed by atoms with E-state index in [1.54, 1.807) is 0 Å². The van der Waals surface area contributed by atoms with Crippen LogP contribution in [0.5, 0.6) is 0 Å². The summed E-state index contributed by atoms with van der Waals surface area (Å²) in [6, 6.07) is 68.7. The van der Waals surface area contributed by atoms with Gasteiger partial charge in [-0.2, -0.15) is 0 Å². The summed E-state index contributed by atoms with van der Waals surface area (Å²) in [5.41, 5.74) is 10.9. The first kappa shape index (κ1) is 33.5. The van der Waals surface area contributed by atoms with E-state index in [0.717, 1.165) is 39.2 Å². The van der Waals surface area contributed by atoms with Gasteiger partial charge in [-0.05, 0) is 71.8 Å². The second-order valence-electron chi connectivity index (χ2n) is 14.9. The summed E-state index contributed by atoms with van der Waals surface area (Å²) in [6.07, 6.45) is 2.18. The highest BCUT2D eigenvalue weighted by molar-refractivity contribution is 7.26. The lowest BCUT2D eigenvalue weighted by Gasteiger charge is -2.13. The molecular formula is C53H33N5S. The Morgan fingerprint density at radius 3 is 1.71 bits per heavy atom. The van der Waals surface area contributed by atoms with Gasteiger partial charge in [0.25, 0.3) is 0 Å². The second-order valence-corrected chi connectivity index (χ2v) is 16.0. The monoisotopic (exact) mass is 771 g/mol. The average molecular weight is 772 g/mol. The predicted molar refractivity (Wildman–Crippen MR) is 246 cm³/mol. The van der Waals surface area contributed by atoms with E-state index in [2.05, 4.69) is 149 Å². The van der Waals surface area contributed by atoms with Crippen molar-refractivity contribution in [2.75, 3.05) is 0 Å². The van der Waals surface area contributed by atoms with Crippen LogP contribution in [0.1, 0.15) is 0 Å². The highest BCUT2D eigenvalue weighted by atomic mass is 32.1. The van der Waals surface area contributed by atoms with E-state index in [4.69, 9.17) is 15.0 Å². The number of aromatic nitrogens is 5. The summed E-state index contributed by atoms with van der Waals surface area (Å²) in [5, 5.41) is 6.24. The molecule has 5 nitrogen and oxygen atoms in total. The molecule has 0 amide bonds. The second kappa shape index (κ2) is 13.5. The summed E-state index contributed by atoms with van der Waals surface area (Å²) in [6.45, 7) is 0. The Morgan fingerprint density at radius 2 is 0.966 bits per heavy atom. The molecule has 4 aromatic heterocycles. The zero-order chi connectivity index (χ0) is 38.9. The molecule has 8 aromatic carbocycles. The molecule has 0 aliphatic rings. The molecule has 0 fully saturated rings. The molecule has 4 heterocycles. The first-order valence-corrected chi connectivity index (χ1v) is 20.6. The number of hydrogen-bond donors (Lipinski definition) is 0. The van der Waals surface area contributed by atoms with Gasteiger partial charge < -0.3 is 9.13 Å². The maximum Gasteiger partial charge on any atom is 0.164 e. The topological polar surface area (TPSA) is 48.5 Å². The van der Waals surface area contributed by atoms with Gasteiger partial charge in [-0.15, -0.1) is 11.3 Å². The quantitative estimate of drug-likeness (QED) is 0.169. The van der Waals surface area contributed by atoms with Crippen LogP contribution in [0.15, 0.2) is 200 Å². The molecule has 0 unspecified atom stereocenters. The molecule has 6 heteroatoms.